The second-order valence-electron chi connectivity index (χ2n) is 13.1. The summed E-state index contributed by atoms with van der Waals surface area (Å²) in [5.74, 6) is -0.421. The van der Waals surface area contributed by atoms with E-state index in [0.29, 0.717) is 12.8 Å². The fourth-order valence-electron chi connectivity index (χ4n) is 5.47. The molecule has 270 valence electrons. The van der Waals surface area contributed by atoms with Crippen molar-refractivity contribution in [3.8, 4) is 0 Å². The standard InChI is InChI=1S/C40H75NO5/c1-3-5-7-9-11-13-15-17-19-21-23-25-27-29-31-33-39(42)45-37-35-41(44)36-38-46-40(43)34-32-30-28-26-24-22-20-18-16-14-12-10-8-6-4-2/h17-20,44H,3-16,21-38H2,1-2H3/b19-17-,20-18-. The van der Waals surface area contributed by atoms with Gasteiger partial charge in [0.15, 0.2) is 0 Å². The number of hydroxylamine groups is 2. The molecule has 0 saturated heterocycles. The maximum atomic E-state index is 11.9. The molecule has 6 nitrogen and oxygen atoms in total. The Hall–Kier alpha value is -1.66. The smallest absolute Gasteiger partial charge is 0.305 e. The van der Waals surface area contributed by atoms with Gasteiger partial charge in [-0.05, 0) is 64.2 Å². The number of nitrogens with zero attached hydrogens (tertiary/aromatic N) is 1. The number of allylic oxidation sites excluding steroid dienone is 4. The molecule has 6 heteroatoms. The third-order valence-electron chi connectivity index (χ3n) is 8.51. The van der Waals surface area contributed by atoms with Crippen LogP contribution in [0.15, 0.2) is 24.3 Å². The van der Waals surface area contributed by atoms with E-state index in [-0.39, 0.29) is 38.2 Å². The molecule has 0 saturated carbocycles. The van der Waals surface area contributed by atoms with Crippen LogP contribution in [0.25, 0.3) is 0 Å². The Balaban J connectivity index is 3.43. The Kier molecular flexibility index (Phi) is 36.4. The van der Waals surface area contributed by atoms with E-state index >= 15 is 0 Å². The maximum Gasteiger partial charge on any atom is 0.305 e. The third-order valence-corrected chi connectivity index (χ3v) is 8.51. The number of hydrogen-bond donors (Lipinski definition) is 1. The Labute approximate surface area is 285 Å². The zero-order valence-corrected chi connectivity index (χ0v) is 30.5. The van der Waals surface area contributed by atoms with Gasteiger partial charge in [0.2, 0.25) is 0 Å². The van der Waals surface area contributed by atoms with Crippen LogP contribution in [0.3, 0.4) is 0 Å². The lowest BCUT2D eigenvalue weighted by molar-refractivity contribution is -0.154. The van der Waals surface area contributed by atoms with E-state index in [1.807, 2.05) is 0 Å². The number of unbranched alkanes of at least 4 members (excludes halogenated alkanes) is 22. The number of hydrogen-bond acceptors (Lipinski definition) is 6. The van der Waals surface area contributed by atoms with Gasteiger partial charge in [-0.3, -0.25) is 9.59 Å². The fraction of sp³-hybridized carbons (Fsp3) is 0.850. The van der Waals surface area contributed by atoms with Gasteiger partial charge in [0, 0.05) is 12.8 Å². The van der Waals surface area contributed by atoms with Gasteiger partial charge >= 0.3 is 11.9 Å². The highest BCUT2D eigenvalue weighted by atomic mass is 16.6. The molecule has 0 radical (unpaired) electrons. The topological polar surface area (TPSA) is 76.1 Å². The van der Waals surface area contributed by atoms with Crippen molar-refractivity contribution in [2.45, 2.75) is 194 Å². The first-order valence-corrected chi connectivity index (χ1v) is 19.6. The van der Waals surface area contributed by atoms with Gasteiger partial charge in [-0.2, -0.15) is 5.06 Å². The van der Waals surface area contributed by atoms with Crippen LogP contribution in [0.4, 0.5) is 0 Å². The van der Waals surface area contributed by atoms with Gasteiger partial charge in [-0.15, -0.1) is 0 Å². The molecule has 0 fully saturated rings. The molecule has 0 aromatic carbocycles. The first kappa shape index (κ1) is 44.3. The highest BCUT2D eigenvalue weighted by molar-refractivity contribution is 5.69. The van der Waals surface area contributed by atoms with Crippen LogP contribution in [0, 0.1) is 0 Å². The summed E-state index contributed by atoms with van der Waals surface area (Å²) < 4.78 is 10.5. The molecule has 0 atom stereocenters. The lowest BCUT2D eigenvalue weighted by atomic mass is 10.1. The second-order valence-corrected chi connectivity index (χ2v) is 13.1. The van der Waals surface area contributed by atoms with E-state index in [1.54, 1.807) is 0 Å². The fourth-order valence-corrected chi connectivity index (χ4v) is 5.47. The summed E-state index contributed by atoms with van der Waals surface area (Å²) in [7, 11) is 0. The van der Waals surface area contributed by atoms with Gasteiger partial charge in [0.1, 0.15) is 13.2 Å². The van der Waals surface area contributed by atoms with Crippen LogP contribution in [-0.4, -0.2) is 48.5 Å². The zero-order chi connectivity index (χ0) is 33.6. The second kappa shape index (κ2) is 37.8. The van der Waals surface area contributed by atoms with Gasteiger partial charge in [-0.25, -0.2) is 0 Å². The van der Waals surface area contributed by atoms with Crippen LogP contribution in [0.1, 0.15) is 194 Å². The van der Waals surface area contributed by atoms with Crippen LogP contribution >= 0.6 is 0 Å². The number of esters is 2. The molecule has 0 aliphatic heterocycles. The molecule has 0 aliphatic rings. The van der Waals surface area contributed by atoms with E-state index in [9.17, 15) is 14.8 Å². The minimum absolute atomic E-state index is 0.142. The highest BCUT2D eigenvalue weighted by Crippen LogP contribution is 2.12. The SMILES string of the molecule is CCCCCCCC/C=C\CCCCCCCC(=O)OCCN(O)CCOC(=O)CCCCCCC/C=C\CCCCCCCC. The summed E-state index contributed by atoms with van der Waals surface area (Å²) in [6.07, 6.45) is 42.2. The summed E-state index contributed by atoms with van der Waals surface area (Å²) in [5.41, 5.74) is 0. The molecule has 0 spiro atoms. The number of ether oxygens (including phenoxy) is 2. The third kappa shape index (κ3) is 36.8. The highest BCUT2D eigenvalue weighted by Gasteiger charge is 2.07. The van der Waals surface area contributed by atoms with Crippen molar-refractivity contribution in [1.82, 2.24) is 5.06 Å². The molecule has 0 aliphatic carbocycles. The average molecular weight is 650 g/mol. The van der Waals surface area contributed by atoms with Crippen LogP contribution in [-0.2, 0) is 19.1 Å². The van der Waals surface area contributed by atoms with Crippen LogP contribution in [0.5, 0.6) is 0 Å². The van der Waals surface area contributed by atoms with Crippen molar-refractivity contribution >= 4 is 11.9 Å². The van der Waals surface area contributed by atoms with E-state index in [2.05, 4.69) is 38.2 Å². The van der Waals surface area contributed by atoms with E-state index in [1.165, 1.54) is 116 Å². The van der Waals surface area contributed by atoms with Crippen molar-refractivity contribution < 1.29 is 24.3 Å². The molecule has 46 heavy (non-hydrogen) atoms. The van der Waals surface area contributed by atoms with Crippen molar-refractivity contribution in [3.05, 3.63) is 24.3 Å². The van der Waals surface area contributed by atoms with Gasteiger partial charge in [-0.1, -0.05) is 141 Å². The van der Waals surface area contributed by atoms with Gasteiger partial charge in [0.05, 0.1) is 13.1 Å². The molecule has 0 aromatic rings. The monoisotopic (exact) mass is 650 g/mol. The summed E-state index contributed by atoms with van der Waals surface area (Å²) in [6.45, 7) is 5.23. The van der Waals surface area contributed by atoms with E-state index in [0.717, 1.165) is 56.4 Å². The van der Waals surface area contributed by atoms with Crippen molar-refractivity contribution in [2.24, 2.45) is 0 Å². The predicted octanol–water partition coefficient (Wildman–Crippen LogP) is 11.8. The lowest BCUT2D eigenvalue weighted by Gasteiger charge is -2.14. The first-order chi connectivity index (χ1) is 22.6. The molecule has 0 aromatic heterocycles. The molecule has 0 bridgehead atoms. The van der Waals surface area contributed by atoms with Gasteiger partial charge < -0.3 is 14.7 Å². The van der Waals surface area contributed by atoms with Crippen LogP contribution < -0.4 is 0 Å². The normalized spacial score (nSPS) is 11.7. The summed E-state index contributed by atoms with van der Waals surface area (Å²) in [6, 6.07) is 0. The Morgan fingerprint density at radius 2 is 0.739 bits per heavy atom. The molecule has 1 N–H and O–H groups in total. The molecule has 0 heterocycles. The molecular formula is C40H75NO5. The maximum absolute atomic E-state index is 11.9. The van der Waals surface area contributed by atoms with Crippen molar-refractivity contribution in [2.75, 3.05) is 26.3 Å². The minimum Gasteiger partial charge on any atom is -0.464 e. The van der Waals surface area contributed by atoms with E-state index < -0.39 is 0 Å². The van der Waals surface area contributed by atoms with Crippen LogP contribution in [0.2, 0.25) is 0 Å². The molecule has 0 unspecified atom stereocenters. The molecular weight excluding hydrogens is 574 g/mol. The average Bonchev–Trinajstić information content (AvgIpc) is 3.04. The summed E-state index contributed by atoms with van der Waals surface area (Å²) in [5, 5.41) is 11.0. The first-order valence-electron chi connectivity index (χ1n) is 19.6. The van der Waals surface area contributed by atoms with Gasteiger partial charge in [0.25, 0.3) is 0 Å². The van der Waals surface area contributed by atoms with Crippen molar-refractivity contribution in [3.63, 3.8) is 0 Å². The van der Waals surface area contributed by atoms with E-state index in [4.69, 9.17) is 9.47 Å². The number of carbonyl (C=O) groups is 2. The Morgan fingerprint density at radius 3 is 1.07 bits per heavy atom. The lowest BCUT2D eigenvalue weighted by Crippen LogP contribution is -2.29. The number of carbonyl (C=O) groups excluding carboxylic acids is 2. The Morgan fingerprint density at radius 1 is 0.457 bits per heavy atom. The molecule has 0 amide bonds. The van der Waals surface area contributed by atoms with Crippen molar-refractivity contribution in [1.29, 1.82) is 0 Å². The summed E-state index contributed by atoms with van der Waals surface area (Å²) >= 11 is 0. The quantitative estimate of drug-likeness (QED) is 0.0315. The summed E-state index contributed by atoms with van der Waals surface area (Å²) in [4.78, 5) is 23.9. The Bertz CT molecular complexity index is 650. The number of rotatable bonds is 36. The zero-order valence-electron chi connectivity index (χ0n) is 30.5. The largest absolute Gasteiger partial charge is 0.464 e. The predicted molar refractivity (Wildman–Crippen MR) is 194 cm³/mol. The molecule has 0 rings (SSSR count). The minimum atomic E-state index is -0.211.